The summed E-state index contributed by atoms with van der Waals surface area (Å²) in [5.41, 5.74) is 1.64. The molecule has 0 aliphatic carbocycles. The van der Waals surface area contributed by atoms with E-state index in [1.54, 1.807) is 0 Å². The average Bonchev–Trinajstić information content (AvgIpc) is 2.89. The summed E-state index contributed by atoms with van der Waals surface area (Å²) in [6.07, 6.45) is 0.642. The first-order valence-corrected chi connectivity index (χ1v) is 8.61. The molecule has 2 heterocycles. The number of ketones is 1. The Morgan fingerprint density at radius 2 is 1.73 bits per heavy atom. The maximum atomic E-state index is 12.5. The number of Topliss-reactive ketones (excluding diaryl/α,β-unsaturated/α-hetero) is 1. The first-order chi connectivity index (χ1) is 12.3. The summed E-state index contributed by atoms with van der Waals surface area (Å²) in [5.74, 6) is 1.06. The molecule has 0 N–H and O–H groups in total. The molecule has 134 valence electrons. The molecule has 0 radical (unpaired) electrons. The zero-order valence-corrected chi connectivity index (χ0v) is 15.3. The van der Waals surface area contributed by atoms with Gasteiger partial charge < -0.3 is 14.2 Å². The fourth-order valence-electron chi connectivity index (χ4n) is 3.84. The number of hydrogen-bond acceptors (Lipinski definition) is 5. The van der Waals surface area contributed by atoms with E-state index < -0.39 is 5.97 Å². The van der Waals surface area contributed by atoms with Gasteiger partial charge >= 0.3 is 5.97 Å². The first-order valence-electron chi connectivity index (χ1n) is 8.61. The molecule has 0 bridgehead atoms. The number of carbonyl (C=O) groups is 2. The second kappa shape index (κ2) is 5.59. The Bertz CT molecular complexity index is 997. The van der Waals surface area contributed by atoms with Gasteiger partial charge in [-0.2, -0.15) is 0 Å². The van der Waals surface area contributed by atoms with Gasteiger partial charge in [-0.15, -0.1) is 0 Å². The van der Waals surface area contributed by atoms with Gasteiger partial charge in [0.05, 0.1) is 5.57 Å². The van der Waals surface area contributed by atoms with Gasteiger partial charge in [0, 0.05) is 35.2 Å². The Hall–Kier alpha value is -2.82. The smallest absolute Gasteiger partial charge is 0.307 e. The van der Waals surface area contributed by atoms with Crippen LogP contribution in [0.4, 0.5) is 0 Å². The van der Waals surface area contributed by atoms with Gasteiger partial charge in [-0.25, -0.2) is 0 Å². The topological polar surface area (TPSA) is 61.8 Å². The minimum absolute atomic E-state index is 0.0501. The highest BCUT2D eigenvalue weighted by Gasteiger charge is 2.39. The quantitative estimate of drug-likeness (QED) is 0.769. The zero-order valence-electron chi connectivity index (χ0n) is 15.3. The van der Waals surface area contributed by atoms with E-state index in [-0.39, 0.29) is 23.8 Å². The minimum atomic E-state index is -0.472. The Morgan fingerprint density at radius 1 is 1.08 bits per heavy atom. The summed E-state index contributed by atoms with van der Waals surface area (Å²) in [4.78, 5) is 24.0. The molecule has 2 aliphatic rings. The van der Waals surface area contributed by atoms with Gasteiger partial charge in [0.2, 0.25) is 0 Å². The molecule has 2 aromatic carbocycles. The molecule has 5 nitrogen and oxygen atoms in total. The molecule has 0 atom stereocenters. The van der Waals surface area contributed by atoms with Gasteiger partial charge in [-0.1, -0.05) is 24.3 Å². The standard InChI is InChI=1S/C21H20O5/c1-11(22)17-16(25-12(2)23)10-24-20-14-8-6-5-7-13(14)19-15(18(17)20)9-21(3,4)26-19/h5-8H,9-10H2,1-4H3. The number of benzene rings is 2. The molecule has 2 aromatic rings. The lowest BCUT2D eigenvalue weighted by molar-refractivity contribution is -0.137. The van der Waals surface area contributed by atoms with Crippen molar-refractivity contribution in [3.63, 3.8) is 0 Å². The fraction of sp³-hybridized carbons (Fsp3) is 0.333. The van der Waals surface area contributed by atoms with Crippen molar-refractivity contribution in [2.24, 2.45) is 0 Å². The lowest BCUT2D eigenvalue weighted by atomic mass is 9.87. The van der Waals surface area contributed by atoms with Crippen molar-refractivity contribution < 1.29 is 23.8 Å². The molecule has 0 fully saturated rings. The van der Waals surface area contributed by atoms with Crippen molar-refractivity contribution in [3.05, 3.63) is 41.2 Å². The predicted molar refractivity (Wildman–Crippen MR) is 97.2 cm³/mol. The maximum Gasteiger partial charge on any atom is 0.307 e. The number of fused-ring (bicyclic) bond motifs is 6. The van der Waals surface area contributed by atoms with Crippen LogP contribution in [0.25, 0.3) is 16.3 Å². The van der Waals surface area contributed by atoms with Crippen molar-refractivity contribution in [3.8, 4) is 11.5 Å². The van der Waals surface area contributed by atoms with Crippen LogP contribution < -0.4 is 9.47 Å². The normalized spacial score (nSPS) is 17.2. The van der Waals surface area contributed by atoms with E-state index in [0.717, 1.165) is 22.1 Å². The third-order valence-corrected chi connectivity index (χ3v) is 4.70. The van der Waals surface area contributed by atoms with E-state index in [9.17, 15) is 9.59 Å². The molecular formula is C21H20O5. The lowest BCUT2D eigenvalue weighted by Gasteiger charge is -2.25. The second-order valence-electron chi connectivity index (χ2n) is 7.33. The van der Waals surface area contributed by atoms with E-state index in [1.807, 2.05) is 38.1 Å². The number of hydrogen-bond donors (Lipinski definition) is 0. The summed E-state index contributed by atoms with van der Waals surface area (Å²) < 4.78 is 17.5. The Labute approximate surface area is 151 Å². The second-order valence-corrected chi connectivity index (χ2v) is 7.33. The van der Waals surface area contributed by atoms with Crippen LogP contribution in [0.15, 0.2) is 30.0 Å². The molecule has 2 aliphatic heterocycles. The highest BCUT2D eigenvalue weighted by atomic mass is 16.6. The molecule has 0 spiro atoms. The molecule has 26 heavy (non-hydrogen) atoms. The fourth-order valence-corrected chi connectivity index (χ4v) is 3.84. The van der Waals surface area contributed by atoms with E-state index >= 15 is 0 Å². The summed E-state index contributed by atoms with van der Waals surface area (Å²) in [5, 5.41) is 1.85. The van der Waals surface area contributed by atoms with Crippen LogP contribution in [0.5, 0.6) is 11.5 Å². The lowest BCUT2D eigenvalue weighted by Crippen LogP contribution is -2.25. The highest BCUT2D eigenvalue weighted by molar-refractivity contribution is 6.23. The van der Waals surface area contributed by atoms with Crippen molar-refractivity contribution in [1.82, 2.24) is 0 Å². The van der Waals surface area contributed by atoms with Crippen LogP contribution in [-0.4, -0.2) is 24.0 Å². The van der Waals surface area contributed by atoms with Gasteiger partial charge in [-0.05, 0) is 20.8 Å². The van der Waals surface area contributed by atoms with Crippen LogP contribution >= 0.6 is 0 Å². The van der Waals surface area contributed by atoms with E-state index in [2.05, 4.69) is 0 Å². The summed E-state index contributed by atoms with van der Waals surface area (Å²) in [7, 11) is 0. The Kier molecular flexibility index (Phi) is 3.58. The molecule has 0 aromatic heterocycles. The van der Waals surface area contributed by atoms with Crippen LogP contribution in [0, 0.1) is 0 Å². The monoisotopic (exact) mass is 352 g/mol. The number of carbonyl (C=O) groups excluding carboxylic acids is 2. The van der Waals surface area contributed by atoms with Gasteiger partial charge in [0.1, 0.15) is 23.7 Å². The largest absolute Gasteiger partial charge is 0.487 e. The molecule has 0 amide bonds. The van der Waals surface area contributed by atoms with Gasteiger partial charge in [-0.3, -0.25) is 9.59 Å². The zero-order chi connectivity index (χ0) is 18.6. The molecule has 0 saturated heterocycles. The first kappa shape index (κ1) is 16.6. The van der Waals surface area contributed by atoms with Crippen molar-refractivity contribution >= 4 is 28.1 Å². The van der Waals surface area contributed by atoms with E-state index in [4.69, 9.17) is 14.2 Å². The Balaban J connectivity index is 2.10. The van der Waals surface area contributed by atoms with Crippen LogP contribution in [0.1, 0.15) is 38.8 Å². The highest BCUT2D eigenvalue weighted by Crippen LogP contribution is 2.51. The number of ether oxygens (including phenoxy) is 3. The molecule has 4 rings (SSSR count). The number of esters is 1. The van der Waals surface area contributed by atoms with Crippen molar-refractivity contribution in [2.45, 2.75) is 39.7 Å². The SMILES string of the molecule is CC(=O)OC1=C(C(C)=O)c2c3c(c4ccccc4c2OC1)OC(C)(C)C3. The predicted octanol–water partition coefficient (Wildman–Crippen LogP) is 3.81. The average molecular weight is 352 g/mol. The summed E-state index contributed by atoms with van der Waals surface area (Å²) in [6.45, 7) is 6.88. The van der Waals surface area contributed by atoms with Crippen molar-refractivity contribution in [2.75, 3.05) is 6.61 Å². The maximum absolute atomic E-state index is 12.5. The Morgan fingerprint density at radius 3 is 2.35 bits per heavy atom. The van der Waals surface area contributed by atoms with Gasteiger partial charge in [0.25, 0.3) is 0 Å². The molecule has 0 unspecified atom stereocenters. The minimum Gasteiger partial charge on any atom is -0.487 e. The number of rotatable bonds is 2. The van der Waals surface area contributed by atoms with Crippen LogP contribution in [-0.2, 0) is 20.7 Å². The molecule has 5 heteroatoms. The number of allylic oxidation sites excluding steroid dienone is 1. The summed E-state index contributed by atoms with van der Waals surface area (Å²) in [6, 6.07) is 7.84. The van der Waals surface area contributed by atoms with Gasteiger partial charge in [0.15, 0.2) is 11.5 Å². The summed E-state index contributed by atoms with van der Waals surface area (Å²) >= 11 is 0. The third kappa shape index (κ3) is 2.46. The van der Waals surface area contributed by atoms with E-state index in [0.29, 0.717) is 23.3 Å². The third-order valence-electron chi connectivity index (χ3n) is 4.70. The van der Waals surface area contributed by atoms with Crippen LogP contribution in [0.2, 0.25) is 0 Å². The van der Waals surface area contributed by atoms with E-state index in [1.165, 1.54) is 13.8 Å². The van der Waals surface area contributed by atoms with Crippen LogP contribution in [0.3, 0.4) is 0 Å². The molecule has 0 saturated carbocycles. The molecular weight excluding hydrogens is 332 g/mol. The van der Waals surface area contributed by atoms with Crippen molar-refractivity contribution in [1.29, 1.82) is 0 Å².